The van der Waals surface area contributed by atoms with E-state index in [2.05, 4.69) is 51.1 Å². The van der Waals surface area contributed by atoms with Gasteiger partial charge in [0, 0.05) is 0 Å². The molecule has 0 heteroatoms. The summed E-state index contributed by atoms with van der Waals surface area (Å²) in [5.41, 5.74) is 1.49. The Morgan fingerprint density at radius 2 is 1.53 bits per heavy atom. The van der Waals surface area contributed by atoms with Gasteiger partial charge in [0.05, 0.1) is 0 Å². The number of hydrogen-bond donors (Lipinski definition) is 0. The van der Waals surface area contributed by atoms with Crippen LogP contribution in [0.2, 0.25) is 0 Å². The molecule has 96 valence electrons. The molecule has 0 N–H and O–H groups in total. The molecule has 17 heavy (non-hydrogen) atoms. The zero-order valence-electron chi connectivity index (χ0n) is 11.8. The molecule has 0 saturated carbocycles. The highest BCUT2D eigenvalue weighted by atomic mass is 14.1. The van der Waals surface area contributed by atoms with Crippen molar-refractivity contribution >= 4 is 0 Å². The van der Waals surface area contributed by atoms with Gasteiger partial charge in [-0.25, -0.2) is 0 Å². The van der Waals surface area contributed by atoms with Crippen LogP contribution in [0.4, 0.5) is 0 Å². The smallest absolute Gasteiger partial charge is 0.0190 e. The third-order valence-corrected chi connectivity index (χ3v) is 3.73. The lowest BCUT2D eigenvalue weighted by Gasteiger charge is -2.13. The molecular formula is C17H28. The summed E-state index contributed by atoms with van der Waals surface area (Å²) in [4.78, 5) is 0. The van der Waals surface area contributed by atoms with Gasteiger partial charge in [0.2, 0.25) is 0 Å². The van der Waals surface area contributed by atoms with E-state index in [1.807, 2.05) is 0 Å². The molecule has 0 bridgehead atoms. The number of hydrogen-bond acceptors (Lipinski definition) is 0. The van der Waals surface area contributed by atoms with Crippen LogP contribution >= 0.6 is 0 Å². The van der Waals surface area contributed by atoms with Crippen molar-refractivity contribution < 1.29 is 0 Å². The zero-order chi connectivity index (χ0) is 12.5. The predicted molar refractivity (Wildman–Crippen MR) is 77.4 cm³/mol. The summed E-state index contributed by atoms with van der Waals surface area (Å²) in [7, 11) is 0. The van der Waals surface area contributed by atoms with E-state index in [1.165, 1.54) is 44.1 Å². The first kappa shape index (κ1) is 14.3. The van der Waals surface area contributed by atoms with Crippen LogP contribution in [0.15, 0.2) is 30.3 Å². The van der Waals surface area contributed by atoms with Crippen LogP contribution in [0.3, 0.4) is 0 Å². The topological polar surface area (TPSA) is 0 Å². The number of unbranched alkanes of at least 4 members (excludes halogenated alkanes) is 1. The van der Waals surface area contributed by atoms with Gasteiger partial charge in [-0.2, -0.15) is 0 Å². The summed E-state index contributed by atoms with van der Waals surface area (Å²) in [6, 6.07) is 10.9. The van der Waals surface area contributed by atoms with Gasteiger partial charge >= 0.3 is 0 Å². The highest BCUT2D eigenvalue weighted by molar-refractivity contribution is 5.18. The van der Waals surface area contributed by atoms with Crippen LogP contribution in [0, 0.1) is 5.92 Å². The largest absolute Gasteiger partial charge is 0.0654 e. The Bertz CT molecular complexity index is 275. The summed E-state index contributed by atoms with van der Waals surface area (Å²) >= 11 is 0. The summed E-state index contributed by atoms with van der Waals surface area (Å²) < 4.78 is 0. The van der Waals surface area contributed by atoms with Crippen molar-refractivity contribution in [1.29, 1.82) is 0 Å². The fraction of sp³-hybridized carbons (Fsp3) is 0.647. The molecule has 2 unspecified atom stereocenters. The monoisotopic (exact) mass is 232 g/mol. The molecule has 1 aromatic carbocycles. The molecule has 0 nitrogen and oxygen atoms in total. The molecule has 1 rings (SSSR count). The fourth-order valence-corrected chi connectivity index (χ4v) is 2.53. The van der Waals surface area contributed by atoms with Gasteiger partial charge in [-0.1, -0.05) is 83.2 Å². The van der Waals surface area contributed by atoms with Crippen molar-refractivity contribution in [2.24, 2.45) is 5.92 Å². The van der Waals surface area contributed by atoms with E-state index >= 15 is 0 Å². The third-order valence-electron chi connectivity index (χ3n) is 3.73. The zero-order valence-corrected chi connectivity index (χ0v) is 11.8. The molecule has 2 atom stereocenters. The van der Waals surface area contributed by atoms with Gasteiger partial charge in [0.25, 0.3) is 0 Å². The van der Waals surface area contributed by atoms with Crippen molar-refractivity contribution in [1.82, 2.24) is 0 Å². The molecule has 0 aliphatic carbocycles. The van der Waals surface area contributed by atoms with E-state index in [0.717, 1.165) is 11.8 Å². The number of benzene rings is 1. The maximum Gasteiger partial charge on any atom is -0.0190 e. The minimum atomic E-state index is 0.720. The lowest BCUT2D eigenvalue weighted by atomic mass is 9.93. The summed E-state index contributed by atoms with van der Waals surface area (Å²) in [5.74, 6) is 1.64. The van der Waals surface area contributed by atoms with Gasteiger partial charge in [-0.3, -0.25) is 0 Å². The second-order valence-electron chi connectivity index (χ2n) is 5.49. The minimum Gasteiger partial charge on any atom is -0.0654 e. The van der Waals surface area contributed by atoms with Gasteiger partial charge in [0.15, 0.2) is 0 Å². The molecule has 0 heterocycles. The van der Waals surface area contributed by atoms with Crippen molar-refractivity contribution in [3.8, 4) is 0 Å². The van der Waals surface area contributed by atoms with Gasteiger partial charge in [-0.05, 0) is 23.8 Å². The van der Waals surface area contributed by atoms with E-state index in [-0.39, 0.29) is 0 Å². The molecule has 1 aromatic rings. The third kappa shape index (κ3) is 5.91. The Labute approximate surface area is 107 Å². The van der Waals surface area contributed by atoms with Gasteiger partial charge in [0.1, 0.15) is 0 Å². The molecule has 0 saturated heterocycles. The van der Waals surface area contributed by atoms with Crippen molar-refractivity contribution in [3.63, 3.8) is 0 Å². The molecule has 0 aliphatic heterocycles. The van der Waals surface area contributed by atoms with Gasteiger partial charge in [-0.15, -0.1) is 0 Å². The Kier molecular flexibility index (Phi) is 7.00. The molecule has 0 amide bonds. The van der Waals surface area contributed by atoms with Crippen LogP contribution in [0.25, 0.3) is 0 Å². The lowest BCUT2D eigenvalue weighted by molar-refractivity contribution is 0.449. The second kappa shape index (κ2) is 8.33. The van der Waals surface area contributed by atoms with E-state index in [1.54, 1.807) is 0 Å². The van der Waals surface area contributed by atoms with E-state index in [0.29, 0.717) is 0 Å². The van der Waals surface area contributed by atoms with Crippen LogP contribution in [-0.4, -0.2) is 0 Å². The fourth-order valence-electron chi connectivity index (χ4n) is 2.53. The van der Waals surface area contributed by atoms with E-state index in [9.17, 15) is 0 Å². The molecule has 0 aliphatic rings. The quantitative estimate of drug-likeness (QED) is 0.498. The van der Waals surface area contributed by atoms with Gasteiger partial charge < -0.3 is 0 Å². The van der Waals surface area contributed by atoms with E-state index in [4.69, 9.17) is 0 Å². The first-order valence-electron chi connectivity index (χ1n) is 7.29. The first-order valence-corrected chi connectivity index (χ1v) is 7.29. The number of rotatable bonds is 8. The Balaban J connectivity index is 2.14. The molecule has 0 fully saturated rings. The van der Waals surface area contributed by atoms with Crippen LogP contribution in [0.1, 0.15) is 70.8 Å². The predicted octanol–water partition coefficient (Wildman–Crippen LogP) is 5.79. The maximum atomic E-state index is 2.39. The highest BCUT2D eigenvalue weighted by Crippen LogP contribution is 2.22. The minimum absolute atomic E-state index is 0.720. The normalized spacial score (nSPS) is 14.5. The molecule has 0 spiro atoms. The Morgan fingerprint density at radius 3 is 2.18 bits per heavy atom. The molecule has 0 aromatic heterocycles. The van der Waals surface area contributed by atoms with Crippen molar-refractivity contribution in [3.05, 3.63) is 35.9 Å². The maximum absolute atomic E-state index is 2.39. The SMILES string of the molecule is CCCC(C)CCCCC(C)c1ccccc1. The van der Waals surface area contributed by atoms with E-state index < -0.39 is 0 Å². The standard InChI is InChI=1S/C17H28/c1-4-10-15(2)11-8-9-12-16(3)17-13-6-5-7-14-17/h5-7,13-16H,4,8-12H2,1-3H3. The summed E-state index contributed by atoms with van der Waals surface area (Å²) in [6.45, 7) is 7.03. The van der Waals surface area contributed by atoms with Crippen molar-refractivity contribution in [2.75, 3.05) is 0 Å². The average molecular weight is 232 g/mol. The van der Waals surface area contributed by atoms with Crippen molar-refractivity contribution in [2.45, 2.75) is 65.2 Å². The lowest BCUT2D eigenvalue weighted by Crippen LogP contribution is -1.96. The average Bonchev–Trinajstić information content (AvgIpc) is 2.36. The molecule has 0 radical (unpaired) electrons. The first-order chi connectivity index (χ1) is 8.24. The summed E-state index contributed by atoms with van der Waals surface area (Å²) in [6.07, 6.45) is 8.26. The highest BCUT2D eigenvalue weighted by Gasteiger charge is 2.05. The van der Waals surface area contributed by atoms with Crippen LogP contribution < -0.4 is 0 Å². The Hall–Kier alpha value is -0.780. The Morgan fingerprint density at radius 1 is 0.882 bits per heavy atom. The van der Waals surface area contributed by atoms with Crippen LogP contribution in [0.5, 0.6) is 0 Å². The van der Waals surface area contributed by atoms with Crippen LogP contribution in [-0.2, 0) is 0 Å². The summed E-state index contributed by atoms with van der Waals surface area (Å²) in [5, 5.41) is 0. The molecular weight excluding hydrogens is 204 g/mol. The second-order valence-corrected chi connectivity index (χ2v) is 5.49.